The van der Waals surface area contributed by atoms with Gasteiger partial charge in [0.1, 0.15) is 17.5 Å². The lowest BCUT2D eigenvalue weighted by Gasteiger charge is -2.03. The van der Waals surface area contributed by atoms with E-state index in [0.29, 0.717) is 17.1 Å². The summed E-state index contributed by atoms with van der Waals surface area (Å²) < 4.78 is 28.6. The molecular weight excluding hydrogens is 244 g/mol. The van der Waals surface area contributed by atoms with Crippen LogP contribution >= 0.6 is 11.8 Å². The Labute approximate surface area is 102 Å². The van der Waals surface area contributed by atoms with Crippen molar-refractivity contribution >= 4 is 17.6 Å². The fourth-order valence-electron chi connectivity index (χ4n) is 1.53. The molecular formula is C11H11F2N3S. The zero-order chi connectivity index (χ0) is 12.6. The molecule has 6 heteroatoms. The molecule has 0 amide bonds. The molecule has 1 aromatic carbocycles. The summed E-state index contributed by atoms with van der Waals surface area (Å²) in [5.41, 5.74) is 6.45. The minimum Gasteiger partial charge on any atom is -0.384 e. The molecule has 17 heavy (non-hydrogen) atoms. The molecule has 0 saturated carbocycles. The summed E-state index contributed by atoms with van der Waals surface area (Å²) in [5, 5.41) is 4.07. The van der Waals surface area contributed by atoms with Crippen LogP contribution in [-0.4, -0.2) is 16.0 Å². The molecule has 1 heterocycles. The van der Waals surface area contributed by atoms with Gasteiger partial charge in [-0.05, 0) is 18.4 Å². The lowest BCUT2D eigenvalue weighted by atomic mass is 10.1. The lowest BCUT2D eigenvalue weighted by Crippen LogP contribution is -1.96. The van der Waals surface area contributed by atoms with Crippen molar-refractivity contribution in [1.29, 1.82) is 0 Å². The predicted molar refractivity (Wildman–Crippen MR) is 64.8 cm³/mol. The monoisotopic (exact) mass is 255 g/mol. The Balaban J connectivity index is 2.54. The van der Waals surface area contributed by atoms with Crippen LogP contribution in [0.3, 0.4) is 0 Å². The molecule has 2 N–H and O–H groups in total. The van der Waals surface area contributed by atoms with E-state index in [1.165, 1.54) is 16.8 Å². The van der Waals surface area contributed by atoms with Gasteiger partial charge in [0, 0.05) is 18.7 Å². The van der Waals surface area contributed by atoms with Gasteiger partial charge in [-0.15, -0.1) is 11.8 Å². The summed E-state index contributed by atoms with van der Waals surface area (Å²) in [6.07, 6.45) is 1.62. The number of rotatable bonds is 2. The molecule has 90 valence electrons. The summed E-state index contributed by atoms with van der Waals surface area (Å²) in [5.74, 6) is -0.733. The first-order chi connectivity index (χ1) is 8.02. The molecule has 0 fully saturated rings. The van der Waals surface area contributed by atoms with E-state index in [0.717, 1.165) is 11.8 Å². The highest BCUT2D eigenvalue weighted by atomic mass is 32.2. The van der Waals surface area contributed by atoms with Crippen molar-refractivity contribution in [2.45, 2.75) is 4.90 Å². The Kier molecular flexibility index (Phi) is 3.06. The second kappa shape index (κ2) is 4.37. The number of thioether (sulfide) groups is 1. The predicted octanol–water partition coefficient (Wildman–Crippen LogP) is 2.67. The van der Waals surface area contributed by atoms with Crippen LogP contribution in [-0.2, 0) is 7.05 Å². The normalized spacial score (nSPS) is 10.8. The van der Waals surface area contributed by atoms with E-state index in [9.17, 15) is 8.78 Å². The first kappa shape index (κ1) is 11.9. The second-order valence-corrected chi connectivity index (χ2v) is 4.37. The van der Waals surface area contributed by atoms with Crippen LogP contribution in [0.2, 0.25) is 0 Å². The first-order valence-electron chi connectivity index (χ1n) is 4.86. The fraction of sp³-hybridized carbons (Fsp3) is 0.182. The Morgan fingerprint density at radius 2 is 1.82 bits per heavy atom. The van der Waals surface area contributed by atoms with Crippen LogP contribution in [0, 0.1) is 11.6 Å². The Morgan fingerprint density at radius 1 is 1.24 bits per heavy atom. The molecule has 0 saturated heterocycles. The van der Waals surface area contributed by atoms with Crippen molar-refractivity contribution in [3.05, 3.63) is 29.8 Å². The number of nitrogen functional groups attached to an aromatic ring is 1. The lowest BCUT2D eigenvalue weighted by molar-refractivity contribution is 0.541. The quantitative estimate of drug-likeness (QED) is 0.839. The molecule has 2 aromatic rings. The fourth-order valence-corrected chi connectivity index (χ4v) is 2.03. The molecule has 0 radical (unpaired) electrons. The SMILES string of the molecule is CSc1c(F)cc(-c2cc(N)n(C)n2)cc1F. The highest BCUT2D eigenvalue weighted by molar-refractivity contribution is 7.98. The molecule has 0 bridgehead atoms. The Morgan fingerprint density at radius 3 is 2.24 bits per heavy atom. The number of aryl methyl sites for hydroxylation is 1. The van der Waals surface area contributed by atoms with Gasteiger partial charge in [-0.1, -0.05) is 0 Å². The number of hydrogen-bond donors (Lipinski definition) is 1. The van der Waals surface area contributed by atoms with Crippen LogP contribution in [0.1, 0.15) is 0 Å². The summed E-state index contributed by atoms with van der Waals surface area (Å²) in [6, 6.07) is 4.10. The van der Waals surface area contributed by atoms with Gasteiger partial charge in [0.2, 0.25) is 0 Å². The van der Waals surface area contributed by atoms with E-state index >= 15 is 0 Å². The molecule has 0 spiro atoms. The highest BCUT2D eigenvalue weighted by Gasteiger charge is 2.13. The van der Waals surface area contributed by atoms with Crippen molar-refractivity contribution < 1.29 is 8.78 Å². The molecule has 1 aromatic heterocycles. The van der Waals surface area contributed by atoms with Crippen LogP contribution in [0.5, 0.6) is 0 Å². The second-order valence-electron chi connectivity index (χ2n) is 3.55. The number of nitrogens with zero attached hydrogens (tertiary/aromatic N) is 2. The van der Waals surface area contributed by atoms with Crippen molar-refractivity contribution in [3.8, 4) is 11.3 Å². The third kappa shape index (κ3) is 2.12. The van der Waals surface area contributed by atoms with Gasteiger partial charge in [-0.2, -0.15) is 5.10 Å². The Hall–Kier alpha value is -1.56. The number of aromatic nitrogens is 2. The molecule has 0 unspecified atom stereocenters. The average molecular weight is 255 g/mol. The van der Waals surface area contributed by atoms with Crippen molar-refractivity contribution in [1.82, 2.24) is 9.78 Å². The van der Waals surface area contributed by atoms with Crippen LogP contribution < -0.4 is 5.73 Å². The standard InChI is InChI=1S/C11H11F2N3S/c1-16-10(14)5-9(15-16)6-3-7(12)11(17-2)8(13)4-6/h3-5H,14H2,1-2H3. The molecule has 2 rings (SSSR count). The maximum absolute atomic E-state index is 13.6. The summed E-state index contributed by atoms with van der Waals surface area (Å²) in [4.78, 5) is 0.0117. The third-order valence-corrected chi connectivity index (χ3v) is 3.21. The summed E-state index contributed by atoms with van der Waals surface area (Å²) in [6.45, 7) is 0. The molecule has 0 aliphatic rings. The zero-order valence-corrected chi connectivity index (χ0v) is 10.2. The maximum atomic E-state index is 13.6. The number of nitrogens with two attached hydrogens (primary N) is 1. The van der Waals surface area contributed by atoms with Gasteiger partial charge in [-0.3, -0.25) is 4.68 Å². The number of anilines is 1. The molecule has 0 atom stereocenters. The molecule has 3 nitrogen and oxygen atoms in total. The van der Waals surface area contributed by atoms with Crippen molar-refractivity contribution in [2.75, 3.05) is 12.0 Å². The van der Waals surface area contributed by atoms with E-state index in [2.05, 4.69) is 5.10 Å². The minimum absolute atomic E-state index is 0.0117. The van der Waals surface area contributed by atoms with Crippen LogP contribution in [0.25, 0.3) is 11.3 Å². The first-order valence-corrected chi connectivity index (χ1v) is 6.08. The zero-order valence-electron chi connectivity index (χ0n) is 9.37. The maximum Gasteiger partial charge on any atom is 0.140 e. The van der Waals surface area contributed by atoms with Gasteiger partial charge in [0.05, 0.1) is 10.6 Å². The number of hydrogen-bond acceptors (Lipinski definition) is 3. The van der Waals surface area contributed by atoms with E-state index in [4.69, 9.17) is 5.73 Å². The largest absolute Gasteiger partial charge is 0.384 e. The van der Waals surface area contributed by atoms with Gasteiger partial charge in [-0.25, -0.2) is 8.78 Å². The topological polar surface area (TPSA) is 43.8 Å². The molecule has 0 aliphatic heterocycles. The number of halogens is 2. The van der Waals surface area contributed by atoms with E-state index < -0.39 is 11.6 Å². The number of benzene rings is 1. The van der Waals surface area contributed by atoms with Crippen molar-refractivity contribution in [2.24, 2.45) is 7.05 Å². The van der Waals surface area contributed by atoms with Gasteiger partial charge < -0.3 is 5.73 Å². The minimum atomic E-state index is -0.586. The van der Waals surface area contributed by atoms with Gasteiger partial charge in [0.25, 0.3) is 0 Å². The van der Waals surface area contributed by atoms with Crippen LogP contribution in [0.15, 0.2) is 23.1 Å². The average Bonchev–Trinajstić information content (AvgIpc) is 2.59. The van der Waals surface area contributed by atoms with Gasteiger partial charge >= 0.3 is 0 Å². The van der Waals surface area contributed by atoms with Gasteiger partial charge in [0.15, 0.2) is 0 Å². The van der Waals surface area contributed by atoms with E-state index in [1.807, 2.05) is 0 Å². The smallest absolute Gasteiger partial charge is 0.140 e. The summed E-state index contributed by atoms with van der Waals surface area (Å²) in [7, 11) is 1.67. The van der Waals surface area contributed by atoms with Crippen molar-refractivity contribution in [3.63, 3.8) is 0 Å². The van der Waals surface area contributed by atoms with E-state index in [-0.39, 0.29) is 4.90 Å². The Bertz CT molecular complexity index is 523. The molecule has 0 aliphatic carbocycles. The highest BCUT2D eigenvalue weighted by Crippen LogP contribution is 2.29. The van der Waals surface area contributed by atoms with Crippen LogP contribution in [0.4, 0.5) is 14.6 Å². The third-order valence-electron chi connectivity index (χ3n) is 2.41. The summed E-state index contributed by atoms with van der Waals surface area (Å²) >= 11 is 1.03. The van der Waals surface area contributed by atoms with E-state index in [1.54, 1.807) is 19.4 Å².